The molecule has 4 rings (SSSR count). The molecule has 0 saturated carbocycles. The number of hydrogen-bond donors (Lipinski definition) is 1. The van der Waals surface area contributed by atoms with Crippen LogP contribution in [-0.2, 0) is 6.42 Å². The van der Waals surface area contributed by atoms with Crippen molar-refractivity contribution in [1.29, 1.82) is 0 Å². The van der Waals surface area contributed by atoms with Crippen LogP contribution in [-0.4, -0.2) is 22.9 Å². The summed E-state index contributed by atoms with van der Waals surface area (Å²) in [5, 5.41) is 0. The molecule has 2 N–H and O–H groups in total. The number of benzene rings is 1. The molecule has 0 amide bonds. The molecule has 0 radical (unpaired) electrons. The largest absolute Gasteiger partial charge is 0.487 e. The third-order valence-corrected chi connectivity index (χ3v) is 5.57. The summed E-state index contributed by atoms with van der Waals surface area (Å²) in [5.74, 6) is 2.20. The monoisotopic (exact) mass is 298 g/mol. The van der Waals surface area contributed by atoms with E-state index in [0.717, 1.165) is 24.3 Å². The molecule has 0 fully saturated rings. The van der Waals surface area contributed by atoms with Crippen LogP contribution in [0.1, 0.15) is 23.6 Å². The molecule has 1 aliphatic carbocycles. The molecule has 1 aromatic carbocycles. The second-order valence-corrected chi connectivity index (χ2v) is 6.75. The number of para-hydroxylation sites is 1. The van der Waals surface area contributed by atoms with E-state index in [9.17, 15) is 0 Å². The molecule has 21 heavy (non-hydrogen) atoms. The number of nitrogens with two attached hydrogens (primary N) is 1. The first-order valence-corrected chi connectivity index (χ1v) is 8.39. The van der Waals surface area contributed by atoms with Crippen LogP contribution in [0.5, 0.6) is 5.75 Å². The van der Waals surface area contributed by atoms with Crippen LogP contribution in [0.3, 0.4) is 0 Å². The topological polar surface area (TPSA) is 48.1 Å². The van der Waals surface area contributed by atoms with Gasteiger partial charge in [0.1, 0.15) is 11.9 Å². The van der Waals surface area contributed by atoms with Gasteiger partial charge in [-0.1, -0.05) is 18.2 Å². The van der Waals surface area contributed by atoms with Crippen molar-refractivity contribution in [3.05, 3.63) is 53.9 Å². The fourth-order valence-electron chi connectivity index (χ4n) is 3.30. The van der Waals surface area contributed by atoms with Crippen molar-refractivity contribution in [2.45, 2.75) is 35.8 Å². The van der Waals surface area contributed by atoms with Crippen molar-refractivity contribution in [3.63, 3.8) is 0 Å². The smallest absolute Gasteiger partial charge is 0.133 e. The zero-order chi connectivity index (χ0) is 14.2. The average Bonchev–Trinajstić information content (AvgIpc) is 2.98. The van der Waals surface area contributed by atoms with Crippen LogP contribution in [0.4, 0.5) is 0 Å². The zero-order valence-electron chi connectivity index (χ0n) is 11.7. The quantitative estimate of drug-likeness (QED) is 0.926. The Morgan fingerprint density at radius 1 is 1.24 bits per heavy atom. The van der Waals surface area contributed by atoms with Crippen LogP contribution < -0.4 is 10.5 Å². The highest BCUT2D eigenvalue weighted by atomic mass is 32.2. The highest BCUT2D eigenvalue weighted by Gasteiger charge is 2.36. The van der Waals surface area contributed by atoms with E-state index in [2.05, 4.69) is 17.1 Å². The lowest BCUT2D eigenvalue weighted by atomic mass is 9.93. The molecule has 3 atom stereocenters. The van der Waals surface area contributed by atoms with Gasteiger partial charge in [-0.05, 0) is 36.6 Å². The van der Waals surface area contributed by atoms with Crippen molar-refractivity contribution in [2.75, 3.05) is 5.75 Å². The summed E-state index contributed by atoms with van der Waals surface area (Å²) in [6.45, 7) is 0. The Kier molecular flexibility index (Phi) is 3.36. The van der Waals surface area contributed by atoms with Gasteiger partial charge in [-0.25, -0.2) is 0 Å². The number of thioether (sulfide) groups is 1. The summed E-state index contributed by atoms with van der Waals surface area (Å²) in [5.41, 5.74) is 9.07. The lowest BCUT2D eigenvalue weighted by molar-refractivity contribution is 0.170. The molecule has 3 unspecified atom stereocenters. The minimum Gasteiger partial charge on any atom is -0.487 e. The number of aromatic nitrogens is 1. The van der Waals surface area contributed by atoms with E-state index in [-0.39, 0.29) is 12.1 Å². The molecule has 0 bridgehead atoms. The van der Waals surface area contributed by atoms with Gasteiger partial charge >= 0.3 is 0 Å². The van der Waals surface area contributed by atoms with E-state index in [4.69, 9.17) is 10.5 Å². The number of hydrogen-bond acceptors (Lipinski definition) is 4. The van der Waals surface area contributed by atoms with E-state index in [1.54, 1.807) is 0 Å². The number of nitrogens with zero attached hydrogens (tertiary/aromatic N) is 1. The first-order chi connectivity index (χ1) is 10.3. The Bertz CT molecular complexity index is 661. The van der Waals surface area contributed by atoms with E-state index in [0.29, 0.717) is 5.92 Å². The van der Waals surface area contributed by atoms with Gasteiger partial charge in [0.05, 0.1) is 6.04 Å². The van der Waals surface area contributed by atoms with Gasteiger partial charge in [-0.15, -0.1) is 11.8 Å². The van der Waals surface area contributed by atoms with Crippen LogP contribution in [0.15, 0.2) is 47.5 Å². The Labute approximate surface area is 128 Å². The molecule has 2 aromatic rings. The average molecular weight is 298 g/mol. The SMILES string of the molecule is NC(C1CSc2ccccc2O1)C1CCc2cccnc21. The van der Waals surface area contributed by atoms with Crippen molar-refractivity contribution in [3.8, 4) is 5.75 Å². The van der Waals surface area contributed by atoms with Gasteiger partial charge in [-0.3, -0.25) is 4.98 Å². The van der Waals surface area contributed by atoms with Gasteiger partial charge in [0.2, 0.25) is 0 Å². The van der Waals surface area contributed by atoms with Gasteiger partial charge < -0.3 is 10.5 Å². The summed E-state index contributed by atoms with van der Waals surface area (Å²) in [6, 6.07) is 12.4. The van der Waals surface area contributed by atoms with E-state index >= 15 is 0 Å². The predicted octanol–water partition coefficient (Wildman–Crippen LogP) is 2.99. The highest BCUT2D eigenvalue weighted by Crippen LogP contribution is 2.40. The maximum absolute atomic E-state index is 6.55. The third kappa shape index (κ3) is 2.32. The van der Waals surface area contributed by atoms with E-state index < -0.39 is 0 Å². The molecule has 0 saturated heterocycles. The predicted molar refractivity (Wildman–Crippen MR) is 84.9 cm³/mol. The number of pyridine rings is 1. The Morgan fingerprint density at radius 2 is 2.14 bits per heavy atom. The summed E-state index contributed by atoms with van der Waals surface area (Å²) < 4.78 is 6.15. The molecule has 3 nitrogen and oxygen atoms in total. The minimum atomic E-state index is 0.00186. The molecule has 4 heteroatoms. The molecule has 0 spiro atoms. The van der Waals surface area contributed by atoms with Crippen molar-refractivity contribution >= 4 is 11.8 Å². The Hall–Kier alpha value is -1.52. The summed E-state index contributed by atoms with van der Waals surface area (Å²) in [7, 11) is 0. The molecular weight excluding hydrogens is 280 g/mol. The first-order valence-electron chi connectivity index (χ1n) is 7.41. The van der Waals surface area contributed by atoms with E-state index in [1.165, 1.54) is 16.2 Å². The summed E-state index contributed by atoms with van der Waals surface area (Å²) >= 11 is 1.84. The molecule has 2 heterocycles. The highest BCUT2D eigenvalue weighted by molar-refractivity contribution is 7.99. The maximum Gasteiger partial charge on any atom is 0.133 e. The summed E-state index contributed by atoms with van der Waals surface area (Å²) in [6.07, 6.45) is 4.09. The maximum atomic E-state index is 6.55. The van der Waals surface area contributed by atoms with Crippen molar-refractivity contribution < 1.29 is 4.74 Å². The van der Waals surface area contributed by atoms with Crippen LogP contribution >= 0.6 is 11.8 Å². The molecule has 1 aliphatic heterocycles. The molecule has 108 valence electrons. The van der Waals surface area contributed by atoms with Gasteiger partial charge in [-0.2, -0.15) is 0 Å². The second-order valence-electron chi connectivity index (χ2n) is 5.68. The van der Waals surface area contributed by atoms with Gasteiger partial charge in [0.15, 0.2) is 0 Å². The van der Waals surface area contributed by atoms with Crippen molar-refractivity contribution in [1.82, 2.24) is 4.98 Å². The van der Waals surface area contributed by atoms with Gasteiger partial charge in [0.25, 0.3) is 0 Å². The second kappa shape index (κ2) is 5.35. The van der Waals surface area contributed by atoms with Crippen LogP contribution in [0.25, 0.3) is 0 Å². The van der Waals surface area contributed by atoms with Crippen LogP contribution in [0, 0.1) is 0 Å². The number of ether oxygens (including phenoxy) is 1. The Balaban J connectivity index is 1.56. The zero-order valence-corrected chi connectivity index (χ0v) is 12.6. The normalized spacial score (nSPS) is 24.8. The minimum absolute atomic E-state index is 0.00186. The number of aryl methyl sites for hydroxylation is 1. The van der Waals surface area contributed by atoms with Crippen molar-refractivity contribution in [2.24, 2.45) is 5.73 Å². The standard InChI is InChI=1S/C17H18N2OS/c18-16(12-8-7-11-4-3-9-19-17(11)12)14-10-21-15-6-2-1-5-13(15)20-14/h1-6,9,12,14,16H,7-8,10,18H2. The first kappa shape index (κ1) is 13.2. The molecular formula is C17H18N2OS. The molecule has 1 aromatic heterocycles. The van der Waals surface area contributed by atoms with Crippen LogP contribution in [0.2, 0.25) is 0 Å². The third-order valence-electron chi connectivity index (χ3n) is 4.43. The number of rotatable bonds is 2. The Morgan fingerprint density at radius 3 is 3.10 bits per heavy atom. The lowest BCUT2D eigenvalue weighted by Crippen LogP contribution is -2.45. The lowest BCUT2D eigenvalue weighted by Gasteiger charge is -2.32. The fraction of sp³-hybridized carbons (Fsp3) is 0.353. The number of fused-ring (bicyclic) bond motifs is 2. The van der Waals surface area contributed by atoms with E-state index in [1.807, 2.05) is 42.2 Å². The summed E-state index contributed by atoms with van der Waals surface area (Å²) in [4.78, 5) is 5.77. The fourth-order valence-corrected chi connectivity index (χ4v) is 4.37. The van der Waals surface area contributed by atoms with Gasteiger partial charge in [0, 0.05) is 28.5 Å². The molecule has 2 aliphatic rings.